The van der Waals surface area contributed by atoms with Gasteiger partial charge in [0.15, 0.2) is 0 Å². The minimum absolute atomic E-state index is 0.212. The Kier molecular flexibility index (Phi) is 5.00. The zero-order chi connectivity index (χ0) is 16.8. The van der Waals surface area contributed by atoms with Gasteiger partial charge in [0, 0.05) is 11.8 Å². The molecule has 2 rings (SSSR count). The van der Waals surface area contributed by atoms with Gasteiger partial charge in [0.2, 0.25) is 11.8 Å². The third kappa shape index (κ3) is 4.61. The van der Waals surface area contributed by atoms with E-state index in [1.807, 2.05) is 6.07 Å². The van der Waals surface area contributed by atoms with Crippen LogP contribution in [0.25, 0.3) is 0 Å². The van der Waals surface area contributed by atoms with Crippen LogP contribution >= 0.6 is 0 Å². The van der Waals surface area contributed by atoms with Gasteiger partial charge in [-0.15, -0.1) is 0 Å². The van der Waals surface area contributed by atoms with Crippen LogP contribution < -0.4 is 10.6 Å². The highest BCUT2D eigenvalue weighted by Crippen LogP contribution is 2.15. The van der Waals surface area contributed by atoms with Gasteiger partial charge in [-0.3, -0.25) is 9.59 Å². The second-order valence-corrected chi connectivity index (χ2v) is 4.59. The van der Waals surface area contributed by atoms with Crippen LogP contribution in [0.15, 0.2) is 42.5 Å². The third-order valence-corrected chi connectivity index (χ3v) is 2.80. The first-order valence-corrected chi connectivity index (χ1v) is 6.53. The summed E-state index contributed by atoms with van der Waals surface area (Å²) in [7, 11) is 0. The zero-order valence-corrected chi connectivity index (χ0v) is 11.8. The van der Waals surface area contributed by atoms with Gasteiger partial charge in [-0.05, 0) is 30.3 Å². The van der Waals surface area contributed by atoms with Crippen molar-refractivity contribution in [3.63, 3.8) is 0 Å². The lowest BCUT2D eigenvalue weighted by molar-refractivity contribution is -0.123. The Bertz CT molecular complexity index is 800. The van der Waals surface area contributed by atoms with Crippen molar-refractivity contribution >= 4 is 23.2 Å². The molecule has 0 saturated heterocycles. The molecule has 0 aromatic heterocycles. The number of amides is 2. The molecule has 23 heavy (non-hydrogen) atoms. The molecular formula is C16H11F2N3O2. The third-order valence-electron chi connectivity index (χ3n) is 2.80. The fourth-order valence-corrected chi connectivity index (χ4v) is 1.80. The van der Waals surface area contributed by atoms with Gasteiger partial charge in [0.25, 0.3) is 0 Å². The van der Waals surface area contributed by atoms with E-state index < -0.39 is 29.9 Å². The van der Waals surface area contributed by atoms with E-state index in [1.165, 1.54) is 6.07 Å². The number of nitriles is 1. The quantitative estimate of drug-likeness (QED) is 0.851. The Hall–Kier alpha value is -3.27. The summed E-state index contributed by atoms with van der Waals surface area (Å²) in [6.07, 6.45) is -0.548. The largest absolute Gasteiger partial charge is 0.326 e. The number of anilines is 2. The van der Waals surface area contributed by atoms with Crippen molar-refractivity contribution in [3.8, 4) is 6.07 Å². The molecule has 7 heteroatoms. The molecule has 0 spiro atoms. The number of hydrogen-bond donors (Lipinski definition) is 2. The molecule has 0 atom stereocenters. The number of carbonyl (C=O) groups is 2. The average Bonchev–Trinajstić information content (AvgIpc) is 2.50. The van der Waals surface area contributed by atoms with Crippen molar-refractivity contribution < 1.29 is 18.4 Å². The molecule has 2 aromatic carbocycles. The number of rotatable bonds is 4. The van der Waals surface area contributed by atoms with E-state index in [9.17, 15) is 18.4 Å². The minimum Gasteiger partial charge on any atom is -0.326 e. The van der Waals surface area contributed by atoms with E-state index in [-0.39, 0.29) is 5.69 Å². The molecule has 0 radical (unpaired) electrons. The summed E-state index contributed by atoms with van der Waals surface area (Å²) in [5.74, 6) is -3.07. The second kappa shape index (κ2) is 7.13. The van der Waals surface area contributed by atoms with Crippen molar-refractivity contribution in [2.45, 2.75) is 6.42 Å². The summed E-state index contributed by atoms with van der Waals surface area (Å²) in [5.41, 5.74) is 0.520. The maximum absolute atomic E-state index is 13.4. The van der Waals surface area contributed by atoms with E-state index in [0.29, 0.717) is 17.3 Å². The van der Waals surface area contributed by atoms with Crippen LogP contribution in [0.5, 0.6) is 0 Å². The van der Waals surface area contributed by atoms with Crippen LogP contribution in [-0.2, 0) is 9.59 Å². The van der Waals surface area contributed by atoms with E-state index >= 15 is 0 Å². The van der Waals surface area contributed by atoms with Crippen LogP contribution in [-0.4, -0.2) is 11.8 Å². The SMILES string of the molecule is N#Cc1cccc(NC(=O)CC(=O)Nc2ccc(F)cc2F)c1. The maximum atomic E-state index is 13.4. The van der Waals surface area contributed by atoms with Crippen LogP contribution in [0.1, 0.15) is 12.0 Å². The predicted octanol–water partition coefficient (Wildman–Crippen LogP) is 2.80. The van der Waals surface area contributed by atoms with Crippen LogP contribution in [0.4, 0.5) is 20.2 Å². The average molecular weight is 315 g/mol. The van der Waals surface area contributed by atoms with Crippen LogP contribution in [0, 0.1) is 23.0 Å². The molecule has 0 aliphatic rings. The molecule has 0 aliphatic heterocycles. The summed E-state index contributed by atoms with van der Waals surface area (Å²) >= 11 is 0. The fraction of sp³-hybridized carbons (Fsp3) is 0.0625. The predicted molar refractivity (Wildman–Crippen MR) is 79.4 cm³/mol. The van der Waals surface area contributed by atoms with Crippen molar-refractivity contribution in [2.75, 3.05) is 10.6 Å². The normalized spacial score (nSPS) is 9.78. The first-order chi connectivity index (χ1) is 11.0. The minimum atomic E-state index is -0.930. The Labute approximate surface area is 130 Å². The van der Waals surface area contributed by atoms with Gasteiger partial charge in [0.05, 0.1) is 17.3 Å². The molecule has 0 bridgehead atoms. The first kappa shape index (κ1) is 16.1. The summed E-state index contributed by atoms with van der Waals surface area (Å²) in [6.45, 7) is 0. The molecule has 2 N–H and O–H groups in total. The van der Waals surface area contributed by atoms with Crippen molar-refractivity contribution in [2.24, 2.45) is 0 Å². The van der Waals surface area contributed by atoms with Crippen molar-refractivity contribution in [3.05, 3.63) is 59.7 Å². The molecular weight excluding hydrogens is 304 g/mol. The van der Waals surface area contributed by atoms with E-state index in [2.05, 4.69) is 10.6 Å². The Morgan fingerprint density at radius 3 is 2.48 bits per heavy atom. The standard InChI is InChI=1S/C16H11F2N3O2/c17-11-4-5-14(13(18)7-11)21-16(23)8-15(22)20-12-3-1-2-10(6-12)9-19/h1-7H,8H2,(H,20,22)(H,21,23). The lowest BCUT2D eigenvalue weighted by atomic mass is 10.2. The highest BCUT2D eigenvalue weighted by molar-refractivity contribution is 6.08. The van der Waals surface area contributed by atoms with Gasteiger partial charge in [-0.2, -0.15) is 5.26 Å². The van der Waals surface area contributed by atoms with Gasteiger partial charge >= 0.3 is 0 Å². The molecule has 116 valence electrons. The lowest BCUT2D eigenvalue weighted by Gasteiger charge is -2.07. The lowest BCUT2D eigenvalue weighted by Crippen LogP contribution is -2.21. The van der Waals surface area contributed by atoms with Crippen molar-refractivity contribution in [1.29, 1.82) is 5.26 Å². The molecule has 0 heterocycles. The molecule has 2 amide bonds. The number of nitrogens with zero attached hydrogens (tertiary/aromatic N) is 1. The van der Waals surface area contributed by atoms with Gasteiger partial charge in [-0.1, -0.05) is 6.07 Å². The topological polar surface area (TPSA) is 82.0 Å². The highest BCUT2D eigenvalue weighted by atomic mass is 19.1. The number of hydrogen-bond acceptors (Lipinski definition) is 3. The first-order valence-electron chi connectivity index (χ1n) is 6.53. The number of nitrogens with one attached hydrogen (secondary N) is 2. The summed E-state index contributed by atoms with van der Waals surface area (Å²) in [6, 6.07) is 10.8. The van der Waals surface area contributed by atoms with E-state index in [4.69, 9.17) is 5.26 Å². The van der Waals surface area contributed by atoms with Crippen LogP contribution in [0.2, 0.25) is 0 Å². The number of carbonyl (C=O) groups excluding carboxylic acids is 2. The monoisotopic (exact) mass is 315 g/mol. The molecule has 5 nitrogen and oxygen atoms in total. The van der Waals surface area contributed by atoms with Gasteiger partial charge in [-0.25, -0.2) is 8.78 Å². The number of halogens is 2. The Morgan fingerprint density at radius 1 is 1.04 bits per heavy atom. The molecule has 0 aliphatic carbocycles. The molecule has 0 saturated carbocycles. The second-order valence-electron chi connectivity index (χ2n) is 4.59. The van der Waals surface area contributed by atoms with Gasteiger partial charge < -0.3 is 10.6 Å². The van der Waals surface area contributed by atoms with Crippen molar-refractivity contribution in [1.82, 2.24) is 0 Å². The van der Waals surface area contributed by atoms with E-state index in [1.54, 1.807) is 18.2 Å². The summed E-state index contributed by atoms with van der Waals surface area (Å²) in [5, 5.41) is 13.4. The molecule has 0 fully saturated rings. The fourth-order valence-electron chi connectivity index (χ4n) is 1.80. The Balaban J connectivity index is 1.94. The molecule has 0 unspecified atom stereocenters. The van der Waals surface area contributed by atoms with Crippen LogP contribution in [0.3, 0.4) is 0 Å². The Morgan fingerprint density at radius 2 is 1.78 bits per heavy atom. The zero-order valence-electron chi connectivity index (χ0n) is 11.8. The number of benzene rings is 2. The summed E-state index contributed by atoms with van der Waals surface area (Å²) < 4.78 is 26.2. The van der Waals surface area contributed by atoms with Gasteiger partial charge in [0.1, 0.15) is 18.1 Å². The highest BCUT2D eigenvalue weighted by Gasteiger charge is 2.12. The smallest absolute Gasteiger partial charge is 0.233 e. The van der Waals surface area contributed by atoms with E-state index in [0.717, 1.165) is 12.1 Å². The summed E-state index contributed by atoms with van der Waals surface area (Å²) in [4.78, 5) is 23.4. The maximum Gasteiger partial charge on any atom is 0.233 e. The molecule has 2 aromatic rings.